The molecule has 1 fully saturated rings. The van der Waals surface area contributed by atoms with Gasteiger partial charge in [-0.15, -0.1) is 0 Å². The number of aromatic nitrogens is 1. The molecule has 0 spiro atoms. The van der Waals surface area contributed by atoms with E-state index in [-0.39, 0.29) is 36.0 Å². The number of nitrogens with zero attached hydrogens (tertiary/aromatic N) is 1. The van der Waals surface area contributed by atoms with E-state index in [1.54, 1.807) is 0 Å². The Morgan fingerprint density at radius 3 is 2.45 bits per heavy atom. The van der Waals surface area contributed by atoms with Crippen LogP contribution in [0.15, 0.2) is 4.52 Å². The minimum atomic E-state index is -1.10. The van der Waals surface area contributed by atoms with Gasteiger partial charge in [-0.25, -0.2) is 0 Å². The van der Waals surface area contributed by atoms with Gasteiger partial charge >= 0.3 is 0 Å². The zero-order valence-electron chi connectivity index (χ0n) is 12.2. The predicted molar refractivity (Wildman–Crippen MR) is 74.5 cm³/mol. The molecule has 1 heterocycles. The SMILES string of the molecule is O=C1CCCc2onc(CCC(=O)C3C(=O)CCCC3=O)c21. The maximum atomic E-state index is 12.2. The van der Waals surface area contributed by atoms with Crippen LogP contribution in [0.5, 0.6) is 0 Å². The molecular weight excluding hydrogens is 286 g/mol. The number of ketones is 4. The number of Topliss-reactive ketones (excluding diaryl/α,β-unsaturated/α-hetero) is 4. The van der Waals surface area contributed by atoms with E-state index >= 15 is 0 Å². The number of carbonyl (C=O) groups is 4. The van der Waals surface area contributed by atoms with Crippen LogP contribution in [0.25, 0.3) is 0 Å². The molecule has 6 nitrogen and oxygen atoms in total. The highest BCUT2D eigenvalue weighted by molar-refractivity contribution is 6.20. The molecule has 0 N–H and O–H groups in total. The van der Waals surface area contributed by atoms with E-state index in [9.17, 15) is 19.2 Å². The van der Waals surface area contributed by atoms with Crippen LogP contribution in [0, 0.1) is 5.92 Å². The molecule has 6 heteroatoms. The Hall–Kier alpha value is -2.11. The summed E-state index contributed by atoms with van der Waals surface area (Å²) in [5.41, 5.74) is 0.976. The predicted octanol–water partition coefficient (Wildman–Crippen LogP) is 1.63. The Morgan fingerprint density at radius 2 is 1.73 bits per heavy atom. The third-order valence-corrected chi connectivity index (χ3v) is 4.34. The maximum absolute atomic E-state index is 12.2. The first kappa shape index (κ1) is 14.8. The van der Waals surface area contributed by atoms with E-state index in [4.69, 9.17) is 4.52 Å². The van der Waals surface area contributed by atoms with Crippen molar-refractivity contribution >= 4 is 23.1 Å². The molecule has 0 saturated heterocycles. The van der Waals surface area contributed by atoms with Gasteiger partial charge in [0, 0.05) is 38.5 Å². The Balaban J connectivity index is 1.69. The molecule has 22 heavy (non-hydrogen) atoms. The lowest BCUT2D eigenvalue weighted by Gasteiger charge is -2.17. The zero-order chi connectivity index (χ0) is 15.7. The second kappa shape index (κ2) is 5.94. The number of aryl methyl sites for hydroxylation is 2. The molecule has 1 aromatic heterocycles. The minimum Gasteiger partial charge on any atom is -0.360 e. The molecule has 0 amide bonds. The minimum absolute atomic E-state index is 0.00484. The Bertz CT molecular complexity index is 641. The smallest absolute Gasteiger partial charge is 0.168 e. The summed E-state index contributed by atoms with van der Waals surface area (Å²) < 4.78 is 5.16. The molecule has 1 saturated carbocycles. The summed E-state index contributed by atoms with van der Waals surface area (Å²) in [6.07, 6.45) is 3.29. The van der Waals surface area contributed by atoms with Gasteiger partial charge < -0.3 is 4.52 Å². The van der Waals surface area contributed by atoms with Gasteiger partial charge in [-0.2, -0.15) is 0 Å². The number of carbonyl (C=O) groups excluding carboxylic acids is 4. The van der Waals surface area contributed by atoms with Gasteiger partial charge in [0.15, 0.2) is 23.1 Å². The van der Waals surface area contributed by atoms with Crippen LogP contribution in [0.3, 0.4) is 0 Å². The highest BCUT2D eigenvalue weighted by Gasteiger charge is 2.36. The van der Waals surface area contributed by atoms with Crippen molar-refractivity contribution in [3.8, 4) is 0 Å². The van der Waals surface area contributed by atoms with Gasteiger partial charge in [0.1, 0.15) is 11.7 Å². The third-order valence-electron chi connectivity index (χ3n) is 4.34. The molecule has 0 aromatic carbocycles. The van der Waals surface area contributed by atoms with Crippen LogP contribution in [-0.4, -0.2) is 28.3 Å². The van der Waals surface area contributed by atoms with E-state index in [0.29, 0.717) is 49.1 Å². The normalized spacial score (nSPS) is 19.4. The molecule has 3 rings (SSSR count). The van der Waals surface area contributed by atoms with Crippen LogP contribution in [0.4, 0.5) is 0 Å². The molecule has 0 atom stereocenters. The summed E-state index contributed by atoms with van der Waals surface area (Å²) >= 11 is 0. The van der Waals surface area contributed by atoms with Gasteiger partial charge in [0.2, 0.25) is 0 Å². The van der Waals surface area contributed by atoms with Crippen molar-refractivity contribution in [3.63, 3.8) is 0 Å². The largest absolute Gasteiger partial charge is 0.360 e. The van der Waals surface area contributed by atoms with E-state index in [1.807, 2.05) is 0 Å². The van der Waals surface area contributed by atoms with Crippen LogP contribution >= 0.6 is 0 Å². The van der Waals surface area contributed by atoms with E-state index < -0.39 is 5.92 Å². The van der Waals surface area contributed by atoms with E-state index in [1.165, 1.54) is 0 Å². The number of fused-ring (bicyclic) bond motifs is 1. The Morgan fingerprint density at radius 1 is 1.05 bits per heavy atom. The monoisotopic (exact) mass is 303 g/mol. The first-order valence-corrected chi connectivity index (χ1v) is 7.66. The number of hydrogen-bond acceptors (Lipinski definition) is 6. The average Bonchev–Trinajstić information content (AvgIpc) is 2.89. The summed E-state index contributed by atoms with van der Waals surface area (Å²) in [6.45, 7) is 0. The Labute approximate surface area is 127 Å². The first-order valence-electron chi connectivity index (χ1n) is 7.66. The molecule has 2 aliphatic rings. The third kappa shape index (κ3) is 2.65. The average molecular weight is 303 g/mol. The van der Waals surface area contributed by atoms with Crippen molar-refractivity contribution in [1.29, 1.82) is 0 Å². The van der Waals surface area contributed by atoms with Crippen LogP contribution in [0.2, 0.25) is 0 Å². The van der Waals surface area contributed by atoms with Crippen molar-refractivity contribution in [2.24, 2.45) is 5.92 Å². The topological polar surface area (TPSA) is 94.3 Å². The molecule has 0 aliphatic heterocycles. The molecule has 0 unspecified atom stereocenters. The van der Waals surface area contributed by atoms with E-state index in [0.717, 1.165) is 6.42 Å². The van der Waals surface area contributed by atoms with Gasteiger partial charge in [0.25, 0.3) is 0 Å². The number of rotatable bonds is 4. The Kier molecular flexibility index (Phi) is 4.00. The lowest BCUT2D eigenvalue weighted by molar-refractivity contribution is -0.142. The fraction of sp³-hybridized carbons (Fsp3) is 0.562. The second-order valence-corrected chi connectivity index (χ2v) is 5.89. The lowest BCUT2D eigenvalue weighted by Crippen LogP contribution is -2.35. The second-order valence-electron chi connectivity index (χ2n) is 5.89. The van der Waals surface area contributed by atoms with Crippen molar-refractivity contribution in [3.05, 3.63) is 17.0 Å². The van der Waals surface area contributed by atoms with Crippen LogP contribution in [-0.2, 0) is 27.2 Å². The number of hydrogen-bond donors (Lipinski definition) is 0. The highest BCUT2D eigenvalue weighted by atomic mass is 16.5. The zero-order valence-corrected chi connectivity index (χ0v) is 12.2. The highest BCUT2D eigenvalue weighted by Crippen LogP contribution is 2.26. The van der Waals surface area contributed by atoms with Gasteiger partial charge in [-0.05, 0) is 12.8 Å². The summed E-state index contributed by atoms with van der Waals surface area (Å²) in [5.74, 6) is -1.45. The molecule has 1 aromatic rings. The van der Waals surface area contributed by atoms with E-state index in [2.05, 4.69) is 5.16 Å². The fourth-order valence-electron chi connectivity index (χ4n) is 3.20. The molecular formula is C16H17NO5. The van der Waals surface area contributed by atoms with Gasteiger partial charge in [-0.3, -0.25) is 19.2 Å². The van der Waals surface area contributed by atoms with Crippen LogP contribution in [0.1, 0.15) is 60.3 Å². The molecule has 0 bridgehead atoms. The van der Waals surface area contributed by atoms with Gasteiger partial charge in [-0.1, -0.05) is 5.16 Å². The lowest BCUT2D eigenvalue weighted by atomic mass is 9.82. The van der Waals surface area contributed by atoms with Crippen molar-refractivity contribution in [2.45, 2.75) is 51.4 Å². The van der Waals surface area contributed by atoms with Crippen molar-refractivity contribution < 1.29 is 23.7 Å². The molecule has 2 aliphatic carbocycles. The summed E-state index contributed by atoms with van der Waals surface area (Å²) in [6, 6.07) is 0. The fourth-order valence-corrected chi connectivity index (χ4v) is 3.20. The molecule has 0 radical (unpaired) electrons. The standard InChI is InChI=1S/C16H17NO5/c18-10-5-2-6-14-15(10)9(17-22-14)7-8-13(21)16-11(19)3-1-4-12(16)20/h16H,1-8H2. The van der Waals surface area contributed by atoms with Crippen molar-refractivity contribution in [1.82, 2.24) is 5.16 Å². The summed E-state index contributed by atoms with van der Waals surface area (Å²) in [4.78, 5) is 47.6. The van der Waals surface area contributed by atoms with Gasteiger partial charge in [0.05, 0.1) is 11.3 Å². The summed E-state index contributed by atoms with van der Waals surface area (Å²) in [7, 11) is 0. The summed E-state index contributed by atoms with van der Waals surface area (Å²) in [5, 5.41) is 3.89. The first-order chi connectivity index (χ1) is 10.6. The quantitative estimate of drug-likeness (QED) is 0.785. The van der Waals surface area contributed by atoms with Crippen molar-refractivity contribution in [2.75, 3.05) is 0 Å². The maximum Gasteiger partial charge on any atom is 0.168 e. The van der Waals surface area contributed by atoms with Crippen LogP contribution < -0.4 is 0 Å². The molecule has 116 valence electrons.